The summed E-state index contributed by atoms with van der Waals surface area (Å²) in [6.07, 6.45) is 2.60. The first-order valence-electron chi connectivity index (χ1n) is 9.55. The quantitative estimate of drug-likeness (QED) is 0.697. The Hall–Kier alpha value is -2.73. The Morgan fingerprint density at radius 3 is 2.93 bits per heavy atom. The van der Waals surface area contributed by atoms with Crippen molar-refractivity contribution in [3.05, 3.63) is 52.8 Å². The maximum atomic E-state index is 13.3. The molecule has 144 valence electrons. The fraction of sp³-hybridized carbons (Fsp3) is 0.333. The normalized spacial score (nSPS) is 19.0. The summed E-state index contributed by atoms with van der Waals surface area (Å²) in [6, 6.07) is 11.2. The molecule has 28 heavy (non-hydrogen) atoms. The lowest BCUT2D eigenvalue weighted by Gasteiger charge is -2.24. The fourth-order valence-electron chi connectivity index (χ4n) is 3.94. The molecule has 0 aliphatic carbocycles. The maximum absolute atomic E-state index is 13.3. The molecule has 7 heteroatoms. The number of hydrogen-bond acceptors (Lipinski definition) is 4. The molecule has 2 aromatic carbocycles. The van der Waals surface area contributed by atoms with Crippen molar-refractivity contribution in [3.8, 4) is 11.5 Å². The number of amides is 1. The minimum atomic E-state index is -0.0744. The van der Waals surface area contributed by atoms with Crippen molar-refractivity contribution in [1.82, 2.24) is 14.9 Å². The second kappa shape index (κ2) is 7.02. The molecule has 5 rings (SSSR count). The summed E-state index contributed by atoms with van der Waals surface area (Å²) in [6.45, 7) is 1.79. The molecule has 2 aliphatic heterocycles. The van der Waals surface area contributed by atoms with Crippen LogP contribution in [0.2, 0.25) is 5.02 Å². The number of para-hydroxylation sites is 2. The lowest BCUT2D eigenvalue weighted by Crippen LogP contribution is -2.31. The number of carbonyl (C=O) groups excluding carboxylic acids is 1. The van der Waals surface area contributed by atoms with Crippen LogP contribution in [-0.4, -0.2) is 40.5 Å². The number of benzene rings is 2. The number of imidazole rings is 1. The van der Waals surface area contributed by atoms with Crippen molar-refractivity contribution in [3.63, 3.8) is 0 Å². The van der Waals surface area contributed by atoms with E-state index in [9.17, 15) is 4.79 Å². The number of aromatic nitrogens is 2. The van der Waals surface area contributed by atoms with Gasteiger partial charge in [0.25, 0.3) is 5.91 Å². The molecule has 2 aliphatic rings. The molecule has 3 aromatic rings. The second-order valence-electron chi connectivity index (χ2n) is 7.13. The molecule has 6 nitrogen and oxygen atoms in total. The van der Waals surface area contributed by atoms with E-state index < -0.39 is 0 Å². The number of nitrogens with one attached hydrogen (secondary N) is 1. The summed E-state index contributed by atoms with van der Waals surface area (Å²) in [5.74, 6) is 1.81. The molecule has 0 saturated carbocycles. The Kier molecular flexibility index (Phi) is 4.36. The van der Waals surface area contributed by atoms with E-state index in [1.165, 1.54) is 0 Å². The largest absolute Gasteiger partial charge is 0.489 e. The average Bonchev–Trinajstić information content (AvgIpc) is 3.28. The smallest absolute Gasteiger partial charge is 0.254 e. The Bertz CT molecular complexity index is 1020. The third-order valence-electron chi connectivity index (χ3n) is 5.29. The van der Waals surface area contributed by atoms with Gasteiger partial charge in [-0.3, -0.25) is 4.79 Å². The Morgan fingerprint density at radius 2 is 2.04 bits per heavy atom. The van der Waals surface area contributed by atoms with E-state index in [1.807, 2.05) is 29.2 Å². The number of halogens is 1. The van der Waals surface area contributed by atoms with Crippen LogP contribution in [0.5, 0.6) is 11.5 Å². The number of fused-ring (bicyclic) bond motifs is 2. The van der Waals surface area contributed by atoms with Gasteiger partial charge in [0, 0.05) is 18.5 Å². The van der Waals surface area contributed by atoms with Gasteiger partial charge in [0.05, 0.1) is 35.3 Å². The molecule has 1 aromatic heterocycles. The molecule has 0 bridgehead atoms. The summed E-state index contributed by atoms with van der Waals surface area (Å²) in [4.78, 5) is 23.2. The van der Waals surface area contributed by atoms with Crippen molar-refractivity contribution in [2.75, 3.05) is 19.8 Å². The minimum Gasteiger partial charge on any atom is -0.489 e. The van der Waals surface area contributed by atoms with E-state index in [1.54, 1.807) is 12.1 Å². The predicted molar refractivity (Wildman–Crippen MR) is 106 cm³/mol. The van der Waals surface area contributed by atoms with Crippen LogP contribution in [0.4, 0.5) is 0 Å². The van der Waals surface area contributed by atoms with E-state index in [0.717, 1.165) is 36.1 Å². The number of carbonyl (C=O) groups is 1. The summed E-state index contributed by atoms with van der Waals surface area (Å²) in [5.41, 5.74) is 2.41. The van der Waals surface area contributed by atoms with Gasteiger partial charge in [-0.15, -0.1) is 0 Å². The van der Waals surface area contributed by atoms with Crippen LogP contribution in [-0.2, 0) is 0 Å². The van der Waals surface area contributed by atoms with Crippen LogP contribution < -0.4 is 9.47 Å². The number of likely N-dealkylation sites (tertiary alicyclic amines) is 1. The summed E-state index contributed by atoms with van der Waals surface area (Å²) in [7, 11) is 0. The molecule has 1 saturated heterocycles. The summed E-state index contributed by atoms with van der Waals surface area (Å²) < 4.78 is 11.4. The zero-order valence-corrected chi connectivity index (χ0v) is 16.0. The van der Waals surface area contributed by atoms with E-state index >= 15 is 0 Å². The molecule has 3 heterocycles. The monoisotopic (exact) mass is 397 g/mol. The Labute approximate surface area is 167 Å². The van der Waals surface area contributed by atoms with Crippen molar-refractivity contribution in [1.29, 1.82) is 0 Å². The molecular formula is C21H20ClN3O3. The van der Waals surface area contributed by atoms with E-state index in [0.29, 0.717) is 41.8 Å². The standard InChI is InChI=1S/C21H20ClN3O3/c22-14-11-13(12-18-19(14)28-10-4-9-27-18)21(26)25-8-3-7-17(25)20-23-15-5-1-2-6-16(15)24-20/h1-2,5-6,11-12,17H,3-4,7-10H2,(H,23,24)/t17-/m0/s1. The van der Waals surface area contributed by atoms with Crippen molar-refractivity contribution in [2.45, 2.75) is 25.3 Å². The predicted octanol–water partition coefficient (Wildman–Crippen LogP) is 4.35. The van der Waals surface area contributed by atoms with Crippen LogP contribution in [0.25, 0.3) is 11.0 Å². The van der Waals surface area contributed by atoms with Crippen molar-refractivity contribution in [2.24, 2.45) is 0 Å². The van der Waals surface area contributed by atoms with Gasteiger partial charge in [0.15, 0.2) is 11.5 Å². The number of ether oxygens (including phenoxy) is 2. The van der Waals surface area contributed by atoms with Gasteiger partial charge in [-0.25, -0.2) is 4.98 Å². The topological polar surface area (TPSA) is 67.5 Å². The van der Waals surface area contributed by atoms with E-state index in [2.05, 4.69) is 4.98 Å². The van der Waals surface area contributed by atoms with Gasteiger partial charge in [0.1, 0.15) is 5.82 Å². The van der Waals surface area contributed by atoms with Gasteiger partial charge in [-0.1, -0.05) is 23.7 Å². The molecule has 1 fully saturated rings. The first kappa shape index (κ1) is 17.4. The minimum absolute atomic E-state index is 0.0690. The first-order chi connectivity index (χ1) is 13.7. The lowest BCUT2D eigenvalue weighted by atomic mass is 10.1. The van der Waals surface area contributed by atoms with Crippen molar-refractivity contribution < 1.29 is 14.3 Å². The third-order valence-corrected chi connectivity index (χ3v) is 5.57. The highest BCUT2D eigenvalue weighted by molar-refractivity contribution is 6.32. The number of rotatable bonds is 2. The first-order valence-corrected chi connectivity index (χ1v) is 9.93. The fourth-order valence-corrected chi connectivity index (χ4v) is 4.21. The maximum Gasteiger partial charge on any atom is 0.254 e. The van der Waals surface area contributed by atoms with Crippen molar-refractivity contribution >= 4 is 28.5 Å². The van der Waals surface area contributed by atoms with Crippen LogP contribution in [0.15, 0.2) is 36.4 Å². The third kappa shape index (κ3) is 2.98. The summed E-state index contributed by atoms with van der Waals surface area (Å²) in [5, 5.41) is 0.405. The number of hydrogen-bond donors (Lipinski definition) is 1. The van der Waals surface area contributed by atoms with E-state index in [4.69, 9.17) is 26.1 Å². The Morgan fingerprint density at radius 1 is 1.18 bits per heavy atom. The van der Waals surface area contributed by atoms with Gasteiger partial charge in [0.2, 0.25) is 0 Å². The number of aromatic amines is 1. The molecule has 1 atom stereocenters. The lowest BCUT2D eigenvalue weighted by molar-refractivity contribution is 0.0730. The van der Waals surface area contributed by atoms with Gasteiger partial charge < -0.3 is 19.4 Å². The van der Waals surface area contributed by atoms with Crippen LogP contribution in [0.3, 0.4) is 0 Å². The van der Waals surface area contributed by atoms with Crippen LogP contribution in [0, 0.1) is 0 Å². The second-order valence-corrected chi connectivity index (χ2v) is 7.54. The highest BCUT2D eigenvalue weighted by Crippen LogP contribution is 2.39. The van der Waals surface area contributed by atoms with Crippen LogP contribution >= 0.6 is 11.6 Å². The van der Waals surface area contributed by atoms with Crippen LogP contribution in [0.1, 0.15) is 41.5 Å². The summed E-state index contributed by atoms with van der Waals surface area (Å²) >= 11 is 6.38. The average molecular weight is 398 g/mol. The molecular weight excluding hydrogens is 378 g/mol. The molecule has 1 amide bonds. The molecule has 0 unspecified atom stereocenters. The molecule has 1 N–H and O–H groups in total. The SMILES string of the molecule is O=C(c1cc(Cl)c2c(c1)OCCCO2)N1CCC[C@H]1c1nc2ccccc2[nH]1. The zero-order valence-electron chi connectivity index (χ0n) is 15.3. The number of H-pyrrole nitrogens is 1. The van der Waals surface area contributed by atoms with Gasteiger partial charge >= 0.3 is 0 Å². The molecule has 0 radical (unpaired) electrons. The number of nitrogens with zero attached hydrogens (tertiary/aromatic N) is 2. The zero-order chi connectivity index (χ0) is 19.1. The van der Waals surface area contributed by atoms with E-state index in [-0.39, 0.29) is 11.9 Å². The highest BCUT2D eigenvalue weighted by atomic mass is 35.5. The Balaban J connectivity index is 1.47. The van der Waals surface area contributed by atoms with Gasteiger partial charge in [-0.05, 0) is 37.1 Å². The highest BCUT2D eigenvalue weighted by Gasteiger charge is 2.33. The van der Waals surface area contributed by atoms with Gasteiger partial charge in [-0.2, -0.15) is 0 Å². The molecule has 0 spiro atoms.